The molecule has 0 bridgehead atoms. The SMILES string of the molecule is CC(=O)c1cccc(=O)n1OCOc1ccccc1CCC(=O)N(CCN)CCNC(=O)c1cccc(=O)n1O.[Fe]. The number of para-hydroxylation sites is 1. The van der Waals surface area contributed by atoms with E-state index in [4.69, 9.17) is 15.3 Å². The number of nitrogens with one attached hydrogen (secondary N) is 1. The molecule has 0 unspecified atom stereocenters. The van der Waals surface area contributed by atoms with Gasteiger partial charge < -0.3 is 30.7 Å². The number of hydrogen-bond acceptors (Lipinski definition) is 9. The Hall–Kier alpha value is -4.39. The molecule has 0 aliphatic heterocycles. The first-order chi connectivity index (χ1) is 19.2. The van der Waals surface area contributed by atoms with Gasteiger partial charge in [-0.05, 0) is 30.2 Å². The van der Waals surface area contributed by atoms with Crippen LogP contribution in [0.25, 0.3) is 0 Å². The van der Waals surface area contributed by atoms with Gasteiger partial charge in [-0.1, -0.05) is 30.3 Å². The Kier molecular flexibility index (Phi) is 12.8. The third kappa shape index (κ3) is 9.07. The van der Waals surface area contributed by atoms with Crippen LogP contribution in [0.3, 0.4) is 0 Å². The molecule has 0 saturated heterocycles. The summed E-state index contributed by atoms with van der Waals surface area (Å²) in [6, 6.07) is 15.0. The van der Waals surface area contributed by atoms with Crippen molar-refractivity contribution < 1.29 is 46.2 Å². The van der Waals surface area contributed by atoms with Gasteiger partial charge in [0.2, 0.25) is 5.91 Å². The number of nitrogens with two attached hydrogens (primary N) is 1. The van der Waals surface area contributed by atoms with E-state index in [0.717, 1.165) is 16.4 Å². The van der Waals surface area contributed by atoms with E-state index < -0.39 is 17.0 Å². The number of ketones is 1. The summed E-state index contributed by atoms with van der Waals surface area (Å²) in [5.41, 5.74) is 5.00. The number of amides is 2. The van der Waals surface area contributed by atoms with Gasteiger partial charge in [-0.15, -0.1) is 9.46 Å². The molecule has 0 fully saturated rings. The zero-order valence-electron chi connectivity index (χ0n) is 22.3. The Morgan fingerprint density at radius 3 is 2.34 bits per heavy atom. The molecule has 0 atom stereocenters. The summed E-state index contributed by atoms with van der Waals surface area (Å²) in [5, 5.41) is 12.3. The molecule has 3 rings (SSSR count). The van der Waals surface area contributed by atoms with E-state index in [1.165, 1.54) is 42.2 Å². The number of aryl methyl sites for hydroxylation is 1. The van der Waals surface area contributed by atoms with Crippen molar-refractivity contribution in [3.8, 4) is 5.75 Å². The van der Waals surface area contributed by atoms with Crippen molar-refractivity contribution >= 4 is 17.6 Å². The summed E-state index contributed by atoms with van der Waals surface area (Å²) in [4.78, 5) is 67.5. The average molecular weight is 609 g/mol. The van der Waals surface area contributed by atoms with Crippen LogP contribution in [0.2, 0.25) is 0 Å². The Balaban J connectivity index is 0.00000588. The molecule has 14 heteroatoms. The van der Waals surface area contributed by atoms with E-state index in [0.29, 0.717) is 12.2 Å². The molecule has 2 amide bonds. The number of pyridine rings is 2. The Morgan fingerprint density at radius 1 is 0.951 bits per heavy atom. The van der Waals surface area contributed by atoms with Gasteiger partial charge in [0.15, 0.2) is 5.78 Å². The summed E-state index contributed by atoms with van der Waals surface area (Å²) >= 11 is 0. The molecule has 4 N–H and O–H groups in total. The molecule has 0 aliphatic rings. The van der Waals surface area contributed by atoms with Crippen LogP contribution in [0.15, 0.2) is 70.3 Å². The van der Waals surface area contributed by atoms with Crippen LogP contribution >= 0.6 is 0 Å². The maximum Gasteiger partial charge on any atom is 0.283 e. The third-order valence-electron chi connectivity index (χ3n) is 5.83. The fraction of sp³-hybridized carbons (Fsp3) is 0.296. The number of rotatable bonds is 14. The maximum absolute atomic E-state index is 12.9. The number of aromatic nitrogens is 2. The second kappa shape index (κ2) is 16.0. The summed E-state index contributed by atoms with van der Waals surface area (Å²) < 4.78 is 6.82. The molecule has 0 radical (unpaired) electrons. The molecular formula is C27H31FeN5O8. The van der Waals surface area contributed by atoms with Crippen molar-refractivity contribution in [2.45, 2.75) is 19.8 Å². The predicted octanol–water partition coefficient (Wildman–Crippen LogP) is 0.0624. The number of carbonyl (C=O) groups excluding carboxylic acids is 3. The minimum atomic E-state index is -0.738. The maximum atomic E-state index is 12.9. The van der Waals surface area contributed by atoms with E-state index in [9.17, 15) is 29.2 Å². The van der Waals surface area contributed by atoms with E-state index in [2.05, 4.69) is 5.32 Å². The van der Waals surface area contributed by atoms with Crippen molar-refractivity contribution in [1.82, 2.24) is 19.7 Å². The number of carbonyl (C=O) groups is 3. The van der Waals surface area contributed by atoms with E-state index in [1.807, 2.05) is 0 Å². The van der Waals surface area contributed by atoms with E-state index in [1.54, 1.807) is 24.3 Å². The second-order valence-electron chi connectivity index (χ2n) is 8.59. The fourth-order valence-corrected chi connectivity index (χ4v) is 3.83. The van der Waals surface area contributed by atoms with Gasteiger partial charge in [0.05, 0.1) is 0 Å². The summed E-state index contributed by atoms with van der Waals surface area (Å²) in [7, 11) is 0. The zero-order valence-corrected chi connectivity index (χ0v) is 23.4. The largest absolute Gasteiger partial charge is 0.455 e. The molecule has 13 nitrogen and oxygen atoms in total. The normalized spacial score (nSPS) is 10.3. The minimum Gasteiger partial charge on any atom is -0.455 e. The number of hydrogen-bond donors (Lipinski definition) is 3. The number of nitrogens with zero attached hydrogens (tertiary/aromatic N) is 3. The van der Waals surface area contributed by atoms with Gasteiger partial charge in [-0.2, -0.15) is 0 Å². The van der Waals surface area contributed by atoms with Crippen LogP contribution in [-0.2, 0) is 28.3 Å². The van der Waals surface area contributed by atoms with Crippen LogP contribution in [0.4, 0.5) is 0 Å². The van der Waals surface area contributed by atoms with Crippen molar-refractivity contribution in [1.29, 1.82) is 0 Å². The molecule has 0 saturated carbocycles. The zero-order chi connectivity index (χ0) is 29.1. The summed E-state index contributed by atoms with van der Waals surface area (Å²) in [6.45, 7) is 1.69. The minimum absolute atomic E-state index is 0. The number of Topliss-reactive ketones (excluding diaryl/α,β-unsaturated/α-hetero) is 1. The summed E-state index contributed by atoms with van der Waals surface area (Å²) in [5.74, 6) is -0.764. The van der Waals surface area contributed by atoms with Gasteiger partial charge >= 0.3 is 0 Å². The van der Waals surface area contributed by atoms with Crippen LogP contribution in [0.5, 0.6) is 5.75 Å². The smallest absolute Gasteiger partial charge is 0.283 e. The monoisotopic (exact) mass is 609 g/mol. The topological polar surface area (TPSA) is 175 Å². The van der Waals surface area contributed by atoms with Crippen LogP contribution in [0.1, 0.15) is 39.9 Å². The Morgan fingerprint density at radius 2 is 1.63 bits per heavy atom. The average Bonchev–Trinajstić information content (AvgIpc) is 2.93. The first kappa shape index (κ1) is 32.8. The Labute approximate surface area is 245 Å². The number of ether oxygens (including phenoxy) is 1. The van der Waals surface area contributed by atoms with Gasteiger partial charge in [-0.3, -0.25) is 24.0 Å². The van der Waals surface area contributed by atoms with Crippen LogP contribution < -0.4 is 31.7 Å². The van der Waals surface area contributed by atoms with Crippen molar-refractivity contribution in [2.24, 2.45) is 5.73 Å². The molecule has 220 valence electrons. The first-order valence-corrected chi connectivity index (χ1v) is 12.5. The van der Waals surface area contributed by atoms with Gasteiger partial charge in [0.25, 0.3) is 23.8 Å². The van der Waals surface area contributed by atoms with Crippen molar-refractivity contribution in [3.63, 3.8) is 0 Å². The van der Waals surface area contributed by atoms with Gasteiger partial charge in [-0.25, -0.2) is 0 Å². The first-order valence-electron chi connectivity index (χ1n) is 12.5. The molecule has 0 spiro atoms. The molecule has 2 aromatic heterocycles. The molecule has 1 aromatic carbocycles. The molecule has 41 heavy (non-hydrogen) atoms. The quantitative estimate of drug-likeness (QED) is 0.0988. The molecule has 3 aromatic rings. The van der Waals surface area contributed by atoms with Gasteiger partial charge in [0, 0.05) is 68.7 Å². The second-order valence-corrected chi connectivity index (χ2v) is 8.59. The molecule has 0 aliphatic carbocycles. The Bertz CT molecular complexity index is 1470. The molecule has 2 heterocycles. The molecular weight excluding hydrogens is 578 g/mol. The number of benzene rings is 1. The predicted molar refractivity (Wildman–Crippen MR) is 143 cm³/mol. The van der Waals surface area contributed by atoms with Crippen molar-refractivity contribution in [2.75, 3.05) is 33.0 Å². The van der Waals surface area contributed by atoms with Gasteiger partial charge in [0.1, 0.15) is 17.1 Å². The summed E-state index contributed by atoms with van der Waals surface area (Å²) in [6.07, 6.45) is 0.448. The van der Waals surface area contributed by atoms with Crippen LogP contribution in [-0.4, -0.2) is 70.1 Å². The standard InChI is InChI=1S/C27H31N5O8.Fe/c1-19(33)21-7-4-11-26(36)32(21)40-18-39-23-9-3-2-6-20(23)12-13-24(34)30(16-14-28)17-15-29-27(37)22-8-5-10-25(35)31(22)38;/h2-11,38H,12-18,28H2,1H3,(H,29,37);. The van der Waals surface area contributed by atoms with Crippen LogP contribution in [0, 0.1) is 0 Å². The fourth-order valence-electron chi connectivity index (χ4n) is 3.83. The van der Waals surface area contributed by atoms with E-state index in [-0.39, 0.29) is 84.3 Å². The third-order valence-corrected chi connectivity index (χ3v) is 5.83. The van der Waals surface area contributed by atoms with E-state index >= 15 is 0 Å². The van der Waals surface area contributed by atoms with Crippen molar-refractivity contribution in [3.05, 3.63) is 98.3 Å².